The van der Waals surface area contributed by atoms with Crippen LogP contribution in [0.3, 0.4) is 0 Å². The molecule has 6 heteroatoms. The second-order valence-corrected chi connectivity index (χ2v) is 6.56. The van der Waals surface area contributed by atoms with Gasteiger partial charge < -0.3 is 5.32 Å². The van der Waals surface area contributed by atoms with Crippen molar-refractivity contribution < 1.29 is 14.0 Å². The van der Waals surface area contributed by atoms with Crippen molar-refractivity contribution in [1.82, 2.24) is 9.88 Å². The number of carbonyl (C=O) groups is 2. The van der Waals surface area contributed by atoms with Gasteiger partial charge in [0, 0.05) is 23.9 Å². The summed E-state index contributed by atoms with van der Waals surface area (Å²) >= 11 is 0. The lowest BCUT2D eigenvalue weighted by Gasteiger charge is -2.26. The van der Waals surface area contributed by atoms with E-state index in [2.05, 4.69) is 5.32 Å². The average molecular weight is 356 g/mol. The zero-order valence-corrected chi connectivity index (χ0v) is 14.4. The van der Waals surface area contributed by atoms with Crippen LogP contribution in [0.15, 0.2) is 53.5 Å². The lowest BCUT2D eigenvalue weighted by atomic mass is 9.94. The zero-order chi connectivity index (χ0) is 18.5. The van der Waals surface area contributed by atoms with Crippen LogP contribution in [0.25, 0.3) is 0 Å². The number of hydrogen-bond acceptors (Lipinski definition) is 3. The largest absolute Gasteiger partial charge is 0.351 e. The molecule has 136 valence electrons. The minimum Gasteiger partial charge on any atom is -0.351 e. The van der Waals surface area contributed by atoms with Gasteiger partial charge in [-0.3, -0.25) is 19.0 Å². The standard InChI is InChI=1S/C20H21FN2O3/c21-15-11-9-14(10-12-15)19(25)18(23-13-5-4-8-17(23)24)20(26)22-16-6-2-1-3-7-16/h4-5,8-13,16,18H,1-3,6-7H2,(H,22,26)/t18-/m1/s1. The summed E-state index contributed by atoms with van der Waals surface area (Å²) in [5, 5.41) is 2.91. The minimum absolute atomic E-state index is 0.0131. The van der Waals surface area contributed by atoms with Crippen molar-refractivity contribution in [2.45, 2.75) is 44.2 Å². The molecule has 0 aliphatic heterocycles. The molecule has 5 nitrogen and oxygen atoms in total. The van der Waals surface area contributed by atoms with Gasteiger partial charge in [0.25, 0.3) is 11.5 Å². The first-order valence-electron chi connectivity index (χ1n) is 8.83. The van der Waals surface area contributed by atoms with Gasteiger partial charge in [-0.05, 0) is 43.2 Å². The summed E-state index contributed by atoms with van der Waals surface area (Å²) < 4.78 is 14.3. The molecule has 0 spiro atoms. The molecule has 1 amide bonds. The molecular formula is C20H21FN2O3. The average Bonchev–Trinajstić information content (AvgIpc) is 2.65. The predicted octanol–water partition coefficient (Wildman–Crippen LogP) is 2.86. The van der Waals surface area contributed by atoms with Crippen molar-refractivity contribution >= 4 is 11.7 Å². The summed E-state index contributed by atoms with van der Waals surface area (Å²) in [5.74, 6) is -1.51. The number of rotatable bonds is 5. The molecular weight excluding hydrogens is 335 g/mol. The number of pyridine rings is 1. The molecule has 1 saturated carbocycles. The molecule has 2 aromatic rings. The molecule has 1 aliphatic rings. The van der Waals surface area contributed by atoms with E-state index in [9.17, 15) is 18.8 Å². The first-order chi connectivity index (χ1) is 12.6. The van der Waals surface area contributed by atoms with Crippen LogP contribution >= 0.6 is 0 Å². The number of Topliss-reactive ketones (excluding diaryl/α,β-unsaturated/α-hetero) is 1. The fourth-order valence-electron chi connectivity index (χ4n) is 3.32. The number of aromatic nitrogens is 1. The molecule has 1 aromatic heterocycles. The Balaban J connectivity index is 1.92. The highest BCUT2D eigenvalue weighted by atomic mass is 19.1. The van der Waals surface area contributed by atoms with Gasteiger partial charge in [0.1, 0.15) is 5.82 Å². The van der Waals surface area contributed by atoms with Crippen LogP contribution in [-0.4, -0.2) is 22.3 Å². The predicted molar refractivity (Wildman–Crippen MR) is 95.5 cm³/mol. The molecule has 0 saturated heterocycles. The normalized spacial score (nSPS) is 16.0. The molecule has 1 aliphatic carbocycles. The highest BCUT2D eigenvalue weighted by molar-refractivity contribution is 6.11. The molecule has 1 atom stereocenters. The van der Waals surface area contributed by atoms with Crippen LogP contribution in [0.5, 0.6) is 0 Å². The zero-order valence-electron chi connectivity index (χ0n) is 14.4. The summed E-state index contributed by atoms with van der Waals surface area (Å²) in [6.07, 6.45) is 6.37. The maximum absolute atomic E-state index is 13.2. The summed E-state index contributed by atoms with van der Waals surface area (Å²) in [6.45, 7) is 0. The summed E-state index contributed by atoms with van der Waals surface area (Å²) in [7, 11) is 0. The van der Waals surface area contributed by atoms with Crippen molar-refractivity contribution in [3.8, 4) is 0 Å². The maximum Gasteiger partial charge on any atom is 0.251 e. The number of benzene rings is 1. The topological polar surface area (TPSA) is 68.2 Å². The summed E-state index contributed by atoms with van der Waals surface area (Å²) in [6, 6.07) is 8.14. The van der Waals surface area contributed by atoms with Crippen molar-refractivity contribution in [3.05, 3.63) is 70.4 Å². The molecule has 1 heterocycles. The third-order valence-corrected chi connectivity index (χ3v) is 4.71. The van der Waals surface area contributed by atoms with Gasteiger partial charge in [-0.25, -0.2) is 4.39 Å². The molecule has 1 N–H and O–H groups in total. The van der Waals surface area contributed by atoms with Crippen LogP contribution in [0.1, 0.15) is 48.5 Å². The first kappa shape index (κ1) is 18.0. The number of nitrogens with zero attached hydrogens (tertiary/aromatic N) is 1. The van der Waals surface area contributed by atoms with Crippen LogP contribution in [-0.2, 0) is 4.79 Å². The Bertz CT molecular complexity index is 839. The van der Waals surface area contributed by atoms with E-state index in [1.54, 1.807) is 12.1 Å². The van der Waals surface area contributed by atoms with E-state index in [1.807, 2.05) is 0 Å². The first-order valence-corrected chi connectivity index (χ1v) is 8.83. The Morgan fingerprint density at radius 3 is 2.38 bits per heavy atom. The number of hydrogen-bond donors (Lipinski definition) is 1. The van der Waals surface area contributed by atoms with E-state index < -0.39 is 29.1 Å². The lowest BCUT2D eigenvalue weighted by Crippen LogP contribution is -2.45. The maximum atomic E-state index is 13.2. The number of halogens is 1. The van der Waals surface area contributed by atoms with Crippen LogP contribution in [0, 0.1) is 5.82 Å². The van der Waals surface area contributed by atoms with E-state index >= 15 is 0 Å². The molecule has 0 bridgehead atoms. The highest BCUT2D eigenvalue weighted by Crippen LogP contribution is 2.20. The van der Waals surface area contributed by atoms with Crippen molar-refractivity contribution in [2.24, 2.45) is 0 Å². The lowest BCUT2D eigenvalue weighted by molar-refractivity contribution is -0.124. The quantitative estimate of drug-likeness (QED) is 0.662. The Kier molecular flexibility index (Phi) is 5.61. The molecule has 1 fully saturated rings. The van der Waals surface area contributed by atoms with Gasteiger partial charge in [0.05, 0.1) is 0 Å². The van der Waals surface area contributed by atoms with Gasteiger partial charge in [-0.2, -0.15) is 0 Å². The van der Waals surface area contributed by atoms with Gasteiger partial charge in [0.15, 0.2) is 11.8 Å². The molecule has 3 rings (SSSR count). The van der Waals surface area contributed by atoms with E-state index in [0.717, 1.165) is 48.8 Å². The Labute approximate surface area is 150 Å². The van der Waals surface area contributed by atoms with E-state index in [1.165, 1.54) is 24.4 Å². The third kappa shape index (κ3) is 4.07. The number of ketones is 1. The SMILES string of the molecule is O=C(NC1CCCCC1)[C@@H](C(=O)c1ccc(F)cc1)n1ccccc1=O. The van der Waals surface area contributed by atoms with E-state index in [4.69, 9.17) is 0 Å². The fraction of sp³-hybridized carbons (Fsp3) is 0.350. The highest BCUT2D eigenvalue weighted by Gasteiger charge is 2.31. The van der Waals surface area contributed by atoms with Gasteiger partial charge in [-0.1, -0.05) is 25.3 Å². The van der Waals surface area contributed by atoms with E-state index in [0.29, 0.717) is 0 Å². The molecule has 0 unspecified atom stereocenters. The van der Waals surface area contributed by atoms with Crippen LogP contribution in [0.2, 0.25) is 0 Å². The van der Waals surface area contributed by atoms with Crippen LogP contribution in [0.4, 0.5) is 4.39 Å². The third-order valence-electron chi connectivity index (χ3n) is 4.71. The number of amides is 1. The molecule has 1 aromatic carbocycles. The van der Waals surface area contributed by atoms with Crippen LogP contribution < -0.4 is 10.9 Å². The summed E-state index contributed by atoms with van der Waals surface area (Å²) in [4.78, 5) is 38.0. The minimum atomic E-state index is -1.31. The van der Waals surface area contributed by atoms with Gasteiger partial charge in [0.2, 0.25) is 0 Å². The Morgan fingerprint density at radius 2 is 1.73 bits per heavy atom. The summed E-state index contributed by atoms with van der Waals surface area (Å²) in [5.41, 5.74) is -0.252. The molecule has 0 radical (unpaired) electrons. The second kappa shape index (κ2) is 8.08. The Morgan fingerprint density at radius 1 is 1.04 bits per heavy atom. The van der Waals surface area contributed by atoms with Crippen molar-refractivity contribution in [1.29, 1.82) is 0 Å². The van der Waals surface area contributed by atoms with E-state index in [-0.39, 0.29) is 11.6 Å². The van der Waals surface area contributed by atoms with Gasteiger partial charge >= 0.3 is 0 Å². The molecule has 26 heavy (non-hydrogen) atoms. The number of carbonyl (C=O) groups excluding carboxylic acids is 2. The fourth-order valence-corrected chi connectivity index (χ4v) is 3.32. The second-order valence-electron chi connectivity index (χ2n) is 6.56. The van der Waals surface area contributed by atoms with Gasteiger partial charge in [-0.15, -0.1) is 0 Å². The monoisotopic (exact) mass is 356 g/mol. The Hall–Kier alpha value is -2.76. The van der Waals surface area contributed by atoms with Crippen molar-refractivity contribution in [2.75, 3.05) is 0 Å². The smallest absolute Gasteiger partial charge is 0.251 e. The van der Waals surface area contributed by atoms with Crippen molar-refractivity contribution in [3.63, 3.8) is 0 Å². The number of nitrogens with one attached hydrogen (secondary N) is 1.